The Labute approximate surface area is 154 Å². The molecule has 1 atom stereocenters. The first kappa shape index (κ1) is 16.9. The highest BCUT2D eigenvalue weighted by Gasteiger charge is 2.28. The minimum Gasteiger partial charge on any atom is -0.353 e. The van der Waals surface area contributed by atoms with Gasteiger partial charge in [0.15, 0.2) is 0 Å². The molecule has 1 aliphatic heterocycles. The first-order valence-corrected chi connectivity index (χ1v) is 10.6. The lowest BCUT2D eigenvalue weighted by Gasteiger charge is -2.40. The van der Waals surface area contributed by atoms with Gasteiger partial charge in [-0.1, -0.05) is 38.2 Å². The molecule has 4 heteroatoms. The summed E-state index contributed by atoms with van der Waals surface area (Å²) in [6, 6.07) is 11.2. The summed E-state index contributed by atoms with van der Waals surface area (Å²) in [5, 5.41) is 13.2. The van der Waals surface area contributed by atoms with Crippen molar-refractivity contribution in [3.8, 4) is 6.07 Å². The van der Waals surface area contributed by atoms with Gasteiger partial charge in [0.1, 0.15) is 6.04 Å². The third kappa shape index (κ3) is 3.68. The molecule has 2 fully saturated rings. The minimum absolute atomic E-state index is 0.0365. The van der Waals surface area contributed by atoms with E-state index in [1.807, 2.05) is 0 Å². The van der Waals surface area contributed by atoms with E-state index in [0.29, 0.717) is 0 Å². The van der Waals surface area contributed by atoms with Crippen LogP contribution in [0.3, 0.4) is 0 Å². The number of hydrogen-bond acceptors (Lipinski definition) is 4. The van der Waals surface area contributed by atoms with E-state index in [1.165, 1.54) is 60.8 Å². The van der Waals surface area contributed by atoms with Crippen molar-refractivity contribution in [3.05, 3.63) is 29.6 Å². The van der Waals surface area contributed by atoms with E-state index in [0.717, 1.165) is 25.6 Å². The Balaban J connectivity index is 1.41. The topological polar surface area (TPSA) is 30.3 Å². The molecule has 0 N–H and O–H groups in total. The van der Waals surface area contributed by atoms with Crippen molar-refractivity contribution in [1.29, 1.82) is 5.26 Å². The van der Waals surface area contributed by atoms with Crippen molar-refractivity contribution in [2.45, 2.75) is 44.6 Å². The number of rotatable bonds is 4. The van der Waals surface area contributed by atoms with E-state index in [9.17, 15) is 5.26 Å². The maximum Gasteiger partial charge on any atom is 0.129 e. The number of piperazine rings is 1. The molecule has 1 aliphatic carbocycles. The number of nitriles is 1. The Bertz CT molecular complexity index is 741. The fourth-order valence-corrected chi connectivity index (χ4v) is 5.32. The summed E-state index contributed by atoms with van der Waals surface area (Å²) in [4.78, 5) is 4.85. The molecular weight excluding hydrogens is 326 g/mol. The second-order valence-electron chi connectivity index (χ2n) is 7.54. The van der Waals surface area contributed by atoms with Crippen LogP contribution in [0.5, 0.6) is 0 Å². The van der Waals surface area contributed by atoms with E-state index in [4.69, 9.17) is 0 Å². The van der Waals surface area contributed by atoms with Crippen LogP contribution in [-0.4, -0.2) is 37.1 Å². The lowest BCUT2D eigenvalue weighted by Crippen LogP contribution is -2.53. The first-order valence-electron chi connectivity index (χ1n) is 9.70. The Morgan fingerprint density at radius 1 is 1.12 bits per heavy atom. The first-order chi connectivity index (χ1) is 12.3. The summed E-state index contributed by atoms with van der Waals surface area (Å²) >= 11 is 1.78. The number of anilines is 1. The average molecular weight is 354 g/mol. The molecule has 0 spiro atoms. The van der Waals surface area contributed by atoms with Crippen molar-refractivity contribution in [3.63, 3.8) is 0 Å². The zero-order valence-corrected chi connectivity index (χ0v) is 15.7. The largest absolute Gasteiger partial charge is 0.353 e. The maximum atomic E-state index is 9.76. The Morgan fingerprint density at radius 2 is 2.00 bits per heavy atom. The molecule has 1 saturated carbocycles. The molecule has 1 aromatic carbocycles. The number of nitrogens with zero attached hydrogens (tertiary/aromatic N) is 3. The van der Waals surface area contributed by atoms with E-state index in [1.54, 1.807) is 11.3 Å². The summed E-state index contributed by atoms with van der Waals surface area (Å²) in [6.45, 7) is 4.08. The van der Waals surface area contributed by atoms with Crippen molar-refractivity contribution < 1.29 is 0 Å². The van der Waals surface area contributed by atoms with Crippen LogP contribution in [-0.2, 0) is 0 Å². The Morgan fingerprint density at radius 3 is 2.84 bits per heavy atom. The van der Waals surface area contributed by atoms with Crippen LogP contribution >= 0.6 is 11.3 Å². The predicted octanol–water partition coefficient (Wildman–Crippen LogP) is 4.89. The van der Waals surface area contributed by atoms with Crippen LogP contribution in [0.1, 0.15) is 38.5 Å². The number of hydrogen-bond donors (Lipinski definition) is 0. The summed E-state index contributed by atoms with van der Waals surface area (Å²) in [5.74, 6) is 0.923. The lowest BCUT2D eigenvalue weighted by atomic mass is 9.87. The summed E-state index contributed by atoms with van der Waals surface area (Å²) < 4.78 is 1.31. The summed E-state index contributed by atoms with van der Waals surface area (Å²) in [6.07, 6.45) is 8.43. The number of fused-ring (bicyclic) bond motifs is 1. The van der Waals surface area contributed by atoms with Crippen molar-refractivity contribution >= 4 is 27.1 Å². The van der Waals surface area contributed by atoms with Gasteiger partial charge in [0.25, 0.3) is 0 Å². The van der Waals surface area contributed by atoms with Gasteiger partial charge in [0.2, 0.25) is 0 Å². The molecule has 0 radical (unpaired) electrons. The Hall–Kier alpha value is -1.57. The highest BCUT2D eigenvalue weighted by Crippen LogP contribution is 2.33. The fraction of sp³-hybridized carbons (Fsp3) is 0.571. The predicted molar refractivity (Wildman–Crippen MR) is 106 cm³/mol. The van der Waals surface area contributed by atoms with Crippen molar-refractivity contribution in [1.82, 2.24) is 4.90 Å². The van der Waals surface area contributed by atoms with Crippen molar-refractivity contribution in [2.24, 2.45) is 5.92 Å². The molecule has 132 valence electrons. The van der Waals surface area contributed by atoms with E-state index >= 15 is 0 Å². The van der Waals surface area contributed by atoms with Crippen molar-refractivity contribution in [2.75, 3.05) is 31.1 Å². The van der Waals surface area contributed by atoms with Gasteiger partial charge in [0, 0.05) is 35.4 Å². The highest BCUT2D eigenvalue weighted by molar-refractivity contribution is 7.17. The molecule has 2 aromatic rings. The molecule has 3 nitrogen and oxygen atoms in total. The second kappa shape index (κ2) is 7.76. The van der Waals surface area contributed by atoms with Gasteiger partial charge in [0.05, 0.1) is 6.07 Å². The second-order valence-corrected chi connectivity index (χ2v) is 8.49. The SMILES string of the molecule is N#CC1CN(CCC2CCCCC2)CCN1c1cccc2sccc12. The van der Waals surface area contributed by atoms with Gasteiger partial charge in [-0.3, -0.25) is 4.90 Å². The molecule has 1 saturated heterocycles. The summed E-state index contributed by atoms with van der Waals surface area (Å²) in [7, 11) is 0. The Kier molecular flexibility index (Phi) is 5.24. The molecule has 4 rings (SSSR count). The van der Waals surface area contributed by atoms with Crippen LogP contribution in [0.2, 0.25) is 0 Å². The monoisotopic (exact) mass is 353 g/mol. The average Bonchev–Trinajstić information content (AvgIpc) is 3.16. The van der Waals surface area contributed by atoms with Gasteiger partial charge in [-0.15, -0.1) is 11.3 Å². The number of thiophene rings is 1. The molecule has 0 amide bonds. The smallest absolute Gasteiger partial charge is 0.129 e. The van der Waals surface area contributed by atoms with Gasteiger partial charge >= 0.3 is 0 Å². The molecule has 1 aromatic heterocycles. The van der Waals surface area contributed by atoms with Crippen LogP contribution < -0.4 is 4.90 Å². The zero-order valence-electron chi connectivity index (χ0n) is 14.9. The van der Waals surface area contributed by atoms with Crippen LogP contribution in [0.15, 0.2) is 29.6 Å². The molecule has 25 heavy (non-hydrogen) atoms. The third-order valence-electron chi connectivity index (χ3n) is 5.97. The van der Waals surface area contributed by atoms with Gasteiger partial charge in [-0.05, 0) is 42.5 Å². The van der Waals surface area contributed by atoms with E-state index in [2.05, 4.69) is 45.5 Å². The van der Waals surface area contributed by atoms with E-state index < -0.39 is 0 Å². The normalized spacial score (nSPS) is 23.0. The van der Waals surface area contributed by atoms with Gasteiger partial charge in [-0.25, -0.2) is 0 Å². The minimum atomic E-state index is -0.0365. The van der Waals surface area contributed by atoms with Gasteiger partial charge in [-0.2, -0.15) is 5.26 Å². The number of benzene rings is 1. The lowest BCUT2D eigenvalue weighted by molar-refractivity contribution is 0.209. The van der Waals surface area contributed by atoms with Crippen LogP contribution in [0.25, 0.3) is 10.1 Å². The molecule has 2 heterocycles. The van der Waals surface area contributed by atoms with Crippen LogP contribution in [0.4, 0.5) is 5.69 Å². The van der Waals surface area contributed by atoms with Crippen LogP contribution in [0, 0.1) is 17.2 Å². The fourth-order valence-electron chi connectivity index (χ4n) is 4.51. The summed E-state index contributed by atoms with van der Waals surface area (Å²) in [5.41, 5.74) is 1.23. The third-order valence-corrected chi connectivity index (χ3v) is 6.86. The standard InChI is InChI=1S/C21H27N3S/c22-15-18-16-23(11-9-17-5-2-1-3-6-17)12-13-24(18)20-7-4-8-21-19(20)10-14-25-21/h4,7-8,10,14,17-18H,1-3,5-6,9,11-13,16H2. The molecule has 1 unspecified atom stereocenters. The van der Waals surface area contributed by atoms with Gasteiger partial charge < -0.3 is 4.90 Å². The quantitative estimate of drug-likeness (QED) is 0.784. The zero-order chi connectivity index (χ0) is 17.1. The molecular formula is C21H27N3S. The maximum absolute atomic E-state index is 9.76. The highest BCUT2D eigenvalue weighted by atomic mass is 32.1. The van der Waals surface area contributed by atoms with E-state index in [-0.39, 0.29) is 6.04 Å². The molecule has 0 bridgehead atoms. The molecule has 2 aliphatic rings.